The van der Waals surface area contributed by atoms with E-state index in [1.807, 2.05) is 0 Å². The Morgan fingerprint density at radius 2 is 2.10 bits per heavy atom. The number of carbonyl (C=O) groups excluding carboxylic acids is 1. The lowest BCUT2D eigenvalue weighted by atomic mass is 9.84. The molecule has 2 rings (SSSR count). The summed E-state index contributed by atoms with van der Waals surface area (Å²) in [6.07, 6.45) is 2.15. The smallest absolute Gasteiger partial charge is 0.293 e. The Balaban J connectivity index is 2.40. The van der Waals surface area contributed by atoms with Crippen LogP contribution in [0, 0.1) is 15.5 Å². The molecule has 1 aliphatic heterocycles. The Bertz CT molecular complexity index is 552. The SMILES string of the molecule is CC(=O)c1ccc(N2CCCC(C)(C)C2)c([N+](=O)[O-])c1. The quantitative estimate of drug-likeness (QED) is 0.482. The second-order valence-corrected chi connectivity index (χ2v) is 6.21. The molecule has 0 aliphatic carbocycles. The average Bonchev–Trinajstić information content (AvgIpc) is 2.36. The first-order valence-electron chi connectivity index (χ1n) is 6.84. The zero-order valence-corrected chi connectivity index (χ0v) is 12.2. The van der Waals surface area contributed by atoms with E-state index in [-0.39, 0.29) is 16.9 Å². The van der Waals surface area contributed by atoms with Crippen molar-refractivity contribution in [3.63, 3.8) is 0 Å². The summed E-state index contributed by atoms with van der Waals surface area (Å²) in [5.41, 5.74) is 1.19. The lowest BCUT2D eigenvalue weighted by Crippen LogP contribution is -2.40. The molecule has 5 heteroatoms. The molecule has 0 atom stereocenters. The lowest BCUT2D eigenvalue weighted by Gasteiger charge is -2.39. The highest BCUT2D eigenvalue weighted by atomic mass is 16.6. The zero-order chi connectivity index (χ0) is 14.9. The van der Waals surface area contributed by atoms with Gasteiger partial charge < -0.3 is 4.90 Å². The minimum Gasteiger partial charge on any atom is -0.365 e. The second kappa shape index (κ2) is 5.23. The van der Waals surface area contributed by atoms with Gasteiger partial charge >= 0.3 is 0 Å². The first kappa shape index (κ1) is 14.5. The minimum absolute atomic E-state index is 0.0235. The first-order valence-corrected chi connectivity index (χ1v) is 6.84. The molecule has 0 aromatic heterocycles. The van der Waals surface area contributed by atoms with Crippen molar-refractivity contribution >= 4 is 17.2 Å². The molecule has 1 aromatic carbocycles. The van der Waals surface area contributed by atoms with Crippen molar-refractivity contribution in [2.45, 2.75) is 33.6 Å². The first-order chi connectivity index (χ1) is 9.30. The third-order valence-electron chi connectivity index (χ3n) is 3.82. The van der Waals surface area contributed by atoms with E-state index in [0.717, 1.165) is 25.9 Å². The van der Waals surface area contributed by atoms with E-state index in [9.17, 15) is 14.9 Å². The van der Waals surface area contributed by atoms with Crippen LogP contribution >= 0.6 is 0 Å². The van der Waals surface area contributed by atoms with Crippen LogP contribution in [0.1, 0.15) is 44.0 Å². The van der Waals surface area contributed by atoms with Crippen LogP contribution in [0.25, 0.3) is 0 Å². The predicted octanol–water partition coefficient (Wildman–Crippen LogP) is 3.42. The summed E-state index contributed by atoms with van der Waals surface area (Å²) in [6.45, 7) is 7.39. The van der Waals surface area contributed by atoms with Gasteiger partial charge in [0.15, 0.2) is 5.78 Å². The van der Waals surface area contributed by atoms with Crippen LogP contribution in [0.15, 0.2) is 18.2 Å². The van der Waals surface area contributed by atoms with Gasteiger partial charge in [-0.25, -0.2) is 0 Å². The molecule has 1 aliphatic rings. The molecule has 1 aromatic rings. The Labute approximate surface area is 118 Å². The number of Topliss-reactive ketones (excluding diaryl/α,β-unsaturated/α-hetero) is 1. The van der Waals surface area contributed by atoms with Crippen LogP contribution in [0.3, 0.4) is 0 Å². The van der Waals surface area contributed by atoms with Crippen LogP contribution in [0.4, 0.5) is 11.4 Å². The van der Waals surface area contributed by atoms with Gasteiger partial charge in [-0.05, 0) is 37.3 Å². The van der Waals surface area contributed by atoms with Gasteiger partial charge in [0.1, 0.15) is 5.69 Å². The minimum atomic E-state index is -0.399. The topological polar surface area (TPSA) is 63.5 Å². The molecule has 0 amide bonds. The van der Waals surface area contributed by atoms with E-state index < -0.39 is 4.92 Å². The fraction of sp³-hybridized carbons (Fsp3) is 0.533. The molecule has 20 heavy (non-hydrogen) atoms. The number of anilines is 1. The molecule has 1 saturated heterocycles. The Hall–Kier alpha value is -1.91. The summed E-state index contributed by atoms with van der Waals surface area (Å²) in [5.74, 6) is -0.154. The molecule has 0 spiro atoms. The number of ketones is 1. The molecular formula is C15H20N2O3. The highest BCUT2D eigenvalue weighted by Crippen LogP contribution is 2.36. The van der Waals surface area contributed by atoms with E-state index in [1.54, 1.807) is 12.1 Å². The molecule has 1 heterocycles. The standard InChI is InChI=1S/C15H20N2O3/c1-11(18)12-5-6-13(14(9-12)17(19)20)16-8-4-7-15(2,3)10-16/h5-6,9H,4,7-8,10H2,1-3H3. The molecule has 5 nitrogen and oxygen atoms in total. The van der Waals surface area contributed by atoms with E-state index in [0.29, 0.717) is 11.3 Å². The Morgan fingerprint density at radius 3 is 2.65 bits per heavy atom. The van der Waals surface area contributed by atoms with E-state index >= 15 is 0 Å². The van der Waals surface area contributed by atoms with Gasteiger partial charge in [-0.2, -0.15) is 0 Å². The third kappa shape index (κ3) is 2.98. The number of rotatable bonds is 3. The summed E-state index contributed by atoms with van der Waals surface area (Å²) in [4.78, 5) is 24.3. The van der Waals surface area contributed by atoms with E-state index in [2.05, 4.69) is 18.7 Å². The number of benzene rings is 1. The van der Waals surface area contributed by atoms with Crippen LogP contribution in [0.5, 0.6) is 0 Å². The number of nitro groups is 1. The number of piperidine rings is 1. The van der Waals surface area contributed by atoms with Gasteiger partial charge in [0, 0.05) is 24.7 Å². The van der Waals surface area contributed by atoms with Crippen LogP contribution in [-0.2, 0) is 0 Å². The molecule has 0 saturated carbocycles. The summed E-state index contributed by atoms with van der Waals surface area (Å²) >= 11 is 0. The van der Waals surface area contributed by atoms with E-state index in [4.69, 9.17) is 0 Å². The highest BCUT2D eigenvalue weighted by Gasteiger charge is 2.30. The van der Waals surface area contributed by atoms with Crippen molar-refractivity contribution in [1.29, 1.82) is 0 Å². The summed E-state index contributed by atoms with van der Waals surface area (Å²) < 4.78 is 0. The van der Waals surface area contributed by atoms with Crippen molar-refractivity contribution in [2.75, 3.05) is 18.0 Å². The van der Waals surface area contributed by atoms with Crippen molar-refractivity contribution < 1.29 is 9.72 Å². The predicted molar refractivity (Wildman–Crippen MR) is 78.3 cm³/mol. The zero-order valence-electron chi connectivity index (χ0n) is 12.2. The maximum Gasteiger partial charge on any atom is 0.293 e. The summed E-state index contributed by atoms with van der Waals surface area (Å²) in [5, 5.41) is 11.3. The van der Waals surface area contributed by atoms with Crippen molar-refractivity contribution in [2.24, 2.45) is 5.41 Å². The number of nitro benzene ring substituents is 1. The average molecular weight is 276 g/mol. The molecule has 0 radical (unpaired) electrons. The number of hydrogen-bond acceptors (Lipinski definition) is 4. The molecular weight excluding hydrogens is 256 g/mol. The van der Waals surface area contributed by atoms with Crippen molar-refractivity contribution in [3.05, 3.63) is 33.9 Å². The number of hydrogen-bond donors (Lipinski definition) is 0. The maximum atomic E-state index is 11.4. The van der Waals surface area contributed by atoms with Gasteiger partial charge in [0.2, 0.25) is 0 Å². The lowest BCUT2D eigenvalue weighted by molar-refractivity contribution is -0.384. The Morgan fingerprint density at radius 1 is 1.40 bits per heavy atom. The summed E-state index contributed by atoms with van der Waals surface area (Å²) in [6, 6.07) is 4.77. The normalized spacial score (nSPS) is 17.9. The third-order valence-corrected chi connectivity index (χ3v) is 3.82. The van der Waals surface area contributed by atoms with Gasteiger partial charge in [0.05, 0.1) is 4.92 Å². The van der Waals surface area contributed by atoms with Crippen LogP contribution < -0.4 is 4.90 Å². The molecule has 0 bridgehead atoms. The monoisotopic (exact) mass is 276 g/mol. The highest BCUT2D eigenvalue weighted by molar-refractivity contribution is 5.95. The summed E-state index contributed by atoms with van der Waals surface area (Å²) in [7, 11) is 0. The van der Waals surface area contributed by atoms with Gasteiger partial charge in [-0.1, -0.05) is 13.8 Å². The van der Waals surface area contributed by atoms with Crippen LogP contribution in [-0.4, -0.2) is 23.8 Å². The van der Waals surface area contributed by atoms with Gasteiger partial charge in [-0.3, -0.25) is 14.9 Å². The van der Waals surface area contributed by atoms with Crippen LogP contribution in [0.2, 0.25) is 0 Å². The van der Waals surface area contributed by atoms with E-state index in [1.165, 1.54) is 13.0 Å². The van der Waals surface area contributed by atoms with Crippen molar-refractivity contribution in [1.82, 2.24) is 0 Å². The number of nitrogens with zero attached hydrogens (tertiary/aromatic N) is 2. The molecule has 108 valence electrons. The van der Waals surface area contributed by atoms with Crippen molar-refractivity contribution in [3.8, 4) is 0 Å². The Kier molecular flexibility index (Phi) is 3.79. The fourth-order valence-electron chi connectivity index (χ4n) is 2.78. The maximum absolute atomic E-state index is 11.4. The molecule has 0 unspecified atom stereocenters. The molecule has 1 fully saturated rings. The fourth-order valence-corrected chi connectivity index (χ4v) is 2.78. The number of carbonyl (C=O) groups is 1. The largest absolute Gasteiger partial charge is 0.365 e. The second-order valence-electron chi connectivity index (χ2n) is 6.21. The molecule has 0 N–H and O–H groups in total. The van der Waals surface area contributed by atoms with Gasteiger partial charge in [-0.15, -0.1) is 0 Å². The van der Waals surface area contributed by atoms with Gasteiger partial charge in [0.25, 0.3) is 5.69 Å².